The van der Waals surface area contributed by atoms with Gasteiger partial charge in [-0.05, 0) is 31.7 Å². The van der Waals surface area contributed by atoms with Gasteiger partial charge in [0.05, 0.1) is 4.92 Å². The highest BCUT2D eigenvalue weighted by Gasteiger charge is 2.30. The van der Waals surface area contributed by atoms with Gasteiger partial charge in [0.25, 0.3) is 11.6 Å². The first kappa shape index (κ1) is 19.7. The minimum absolute atomic E-state index is 0.0586. The molecule has 1 fully saturated rings. The third kappa shape index (κ3) is 3.67. The maximum absolute atomic E-state index is 13.0. The molecule has 1 aliphatic rings. The van der Waals surface area contributed by atoms with E-state index in [1.54, 1.807) is 37.1 Å². The molecule has 2 unspecified atom stereocenters. The van der Waals surface area contributed by atoms with Crippen molar-refractivity contribution in [1.82, 2.24) is 14.7 Å². The Labute approximate surface area is 162 Å². The Kier molecular flexibility index (Phi) is 5.58. The lowest BCUT2D eigenvalue weighted by Gasteiger charge is -2.36. The normalized spacial score (nSPS) is 19.2. The summed E-state index contributed by atoms with van der Waals surface area (Å²) < 4.78 is 1.30. The molecular formula is C20H24N4O4. The molecule has 2 aromatic rings. The van der Waals surface area contributed by atoms with Crippen LogP contribution in [0.15, 0.2) is 35.1 Å². The Morgan fingerprint density at radius 3 is 2.64 bits per heavy atom. The van der Waals surface area contributed by atoms with Gasteiger partial charge in [-0.3, -0.25) is 19.7 Å². The highest BCUT2D eigenvalue weighted by Crippen LogP contribution is 2.28. The van der Waals surface area contributed by atoms with Crippen LogP contribution < -0.4 is 5.43 Å². The molecule has 1 heterocycles. The molecule has 8 nitrogen and oxygen atoms in total. The molecule has 0 spiro atoms. The van der Waals surface area contributed by atoms with Crippen molar-refractivity contribution in [2.45, 2.75) is 45.6 Å². The summed E-state index contributed by atoms with van der Waals surface area (Å²) in [6, 6.07) is 7.48. The highest BCUT2D eigenvalue weighted by atomic mass is 16.6. The molecule has 8 heteroatoms. The van der Waals surface area contributed by atoms with Gasteiger partial charge in [0, 0.05) is 30.9 Å². The van der Waals surface area contributed by atoms with Crippen LogP contribution in [0.5, 0.6) is 0 Å². The second-order valence-corrected chi connectivity index (χ2v) is 7.40. The third-order valence-corrected chi connectivity index (χ3v) is 5.50. The fraction of sp³-hybridized carbons (Fsp3) is 0.450. The second kappa shape index (κ2) is 7.92. The van der Waals surface area contributed by atoms with E-state index in [0.717, 1.165) is 25.7 Å². The number of para-hydroxylation sites is 2. The summed E-state index contributed by atoms with van der Waals surface area (Å²) in [7, 11) is 1.70. The summed E-state index contributed by atoms with van der Waals surface area (Å²) >= 11 is 0. The van der Waals surface area contributed by atoms with Crippen molar-refractivity contribution < 1.29 is 9.72 Å². The minimum atomic E-state index is -0.508. The van der Waals surface area contributed by atoms with Crippen LogP contribution in [0, 0.1) is 23.0 Å². The third-order valence-electron chi connectivity index (χ3n) is 5.50. The van der Waals surface area contributed by atoms with E-state index in [1.165, 1.54) is 16.8 Å². The summed E-state index contributed by atoms with van der Waals surface area (Å²) in [4.78, 5) is 38.0. The van der Waals surface area contributed by atoms with Crippen LogP contribution in [0.1, 0.15) is 48.8 Å². The number of nitro benzene ring substituents is 1. The molecule has 0 N–H and O–H groups in total. The molecule has 0 bridgehead atoms. The molecule has 28 heavy (non-hydrogen) atoms. The van der Waals surface area contributed by atoms with Crippen molar-refractivity contribution in [2.24, 2.45) is 5.92 Å². The molecule has 0 aliphatic heterocycles. The zero-order valence-electron chi connectivity index (χ0n) is 16.3. The van der Waals surface area contributed by atoms with Gasteiger partial charge in [-0.25, -0.2) is 4.68 Å². The second-order valence-electron chi connectivity index (χ2n) is 7.40. The molecule has 0 radical (unpaired) electrons. The van der Waals surface area contributed by atoms with Crippen LogP contribution in [0.2, 0.25) is 0 Å². The topological polar surface area (TPSA) is 98.3 Å². The molecule has 0 saturated heterocycles. The number of aromatic nitrogens is 2. The Morgan fingerprint density at radius 2 is 1.96 bits per heavy atom. The molecule has 3 rings (SSSR count). The number of nitro groups is 1. The van der Waals surface area contributed by atoms with Gasteiger partial charge in [-0.2, -0.15) is 5.10 Å². The van der Waals surface area contributed by atoms with Gasteiger partial charge in [-0.15, -0.1) is 0 Å². The van der Waals surface area contributed by atoms with Gasteiger partial charge in [0.2, 0.25) is 5.43 Å². The van der Waals surface area contributed by atoms with Gasteiger partial charge in [0.1, 0.15) is 5.69 Å². The Hall–Kier alpha value is -3.03. The number of rotatable bonds is 4. The lowest BCUT2D eigenvalue weighted by molar-refractivity contribution is -0.384. The van der Waals surface area contributed by atoms with Crippen molar-refractivity contribution in [3.05, 3.63) is 62.1 Å². The maximum atomic E-state index is 13.0. The average molecular weight is 384 g/mol. The van der Waals surface area contributed by atoms with Gasteiger partial charge >= 0.3 is 0 Å². The summed E-state index contributed by atoms with van der Waals surface area (Å²) in [5.41, 5.74) is -0.205. The van der Waals surface area contributed by atoms with E-state index in [-0.39, 0.29) is 23.1 Å². The van der Waals surface area contributed by atoms with Crippen molar-refractivity contribution in [2.75, 3.05) is 7.05 Å². The zero-order chi connectivity index (χ0) is 20.4. The van der Waals surface area contributed by atoms with Crippen molar-refractivity contribution in [1.29, 1.82) is 0 Å². The van der Waals surface area contributed by atoms with Crippen LogP contribution >= 0.6 is 0 Å². The average Bonchev–Trinajstić information content (AvgIpc) is 2.67. The summed E-state index contributed by atoms with van der Waals surface area (Å²) in [5, 5.41) is 15.6. The van der Waals surface area contributed by atoms with Crippen LogP contribution in [0.3, 0.4) is 0 Å². The predicted octanol–water partition coefficient (Wildman–Crippen LogP) is 3.10. The molecule has 1 aromatic heterocycles. The summed E-state index contributed by atoms with van der Waals surface area (Å²) in [5.74, 6) is -0.0957. The minimum Gasteiger partial charge on any atom is -0.337 e. The van der Waals surface area contributed by atoms with Crippen LogP contribution in [0.25, 0.3) is 5.69 Å². The summed E-state index contributed by atoms with van der Waals surface area (Å²) in [6.45, 7) is 3.74. The first-order valence-electron chi connectivity index (χ1n) is 9.43. The quantitative estimate of drug-likeness (QED) is 0.596. The van der Waals surface area contributed by atoms with Crippen LogP contribution in [0.4, 0.5) is 5.69 Å². The monoisotopic (exact) mass is 384 g/mol. The fourth-order valence-corrected chi connectivity index (χ4v) is 3.93. The number of carbonyl (C=O) groups excluding carboxylic acids is 1. The van der Waals surface area contributed by atoms with E-state index in [1.807, 2.05) is 0 Å². The first-order chi connectivity index (χ1) is 13.3. The molecule has 1 aliphatic carbocycles. The smallest absolute Gasteiger partial charge is 0.294 e. The zero-order valence-corrected chi connectivity index (χ0v) is 16.3. The first-order valence-corrected chi connectivity index (χ1v) is 9.43. The number of nitrogens with zero attached hydrogens (tertiary/aromatic N) is 4. The van der Waals surface area contributed by atoms with E-state index in [2.05, 4.69) is 12.0 Å². The lowest BCUT2D eigenvalue weighted by atomic mass is 9.85. The number of aryl methyl sites for hydroxylation is 1. The van der Waals surface area contributed by atoms with E-state index >= 15 is 0 Å². The molecular weight excluding hydrogens is 360 g/mol. The summed E-state index contributed by atoms with van der Waals surface area (Å²) in [6.07, 6.45) is 4.14. The molecule has 1 saturated carbocycles. The number of hydrogen-bond donors (Lipinski definition) is 0. The maximum Gasteiger partial charge on any atom is 0.294 e. The number of amides is 1. The van der Waals surface area contributed by atoms with Gasteiger partial charge < -0.3 is 4.90 Å². The van der Waals surface area contributed by atoms with E-state index < -0.39 is 16.3 Å². The number of benzene rings is 1. The van der Waals surface area contributed by atoms with Crippen molar-refractivity contribution >= 4 is 11.6 Å². The Morgan fingerprint density at radius 1 is 1.29 bits per heavy atom. The lowest BCUT2D eigenvalue weighted by Crippen LogP contribution is -2.44. The van der Waals surface area contributed by atoms with Crippen LogP contribution in [-0.2, 0) is 0 Å². The molecule has 1 amide bonds. The largest absolute Gasteiger partial charge is 0.337 e. The Balaban J connectivity index is 2.04. The van der Waals surface area contributed by atoms with Crippen molar-refractivity contribution in [3.8, 4) is 5.69 Å². The molecule has 148 valence electrons. The number of hydrogen-bond acceptors (Lipinski definition) is 5. The van der Waals surface area contributed by atoms with E-state index in [9.17, 15) is 19.7 Å². The molecule has 2 atom stereocenters. The molecule has 1 aromatic carbocycles. The fourth-order valence-electron chi connectivity index (χ4n) is 3.93. The highest BCUT2D eigenvalue weighted by molar-refractivity contribution is 5.92. The van der Waals surface area contributed by atoms with Gasteiger partial charge in [-0.1, -0.05) is 31.9 Å². The SMILES string of the molecule is Cc1cc(=O)c(C(=O)N(C)C2CCCCC2C)nn1-c1ccccc1[N+](=O)[O-]. The van der Waals surface area contributed by atoms with Crippen molar-refractivity contribution in [3.63, 3.8) is 0 Å². The predicted molar refractivity (Wildman–Crippen MR) is 105 cm³/mol. The van der Waals surface area contributed by atoms with Gasteiger partial charge in [0.15, 0.2) is 5.69 Å². The number of carbonyl (C=O) groups is 1. The van der Waals surface area contributed by atoms with E-state index in [0.29, 0.717) is 11.6 Å². The standard InChI is InChI=1S/C20H24N4O4/c1-13-8-4-5-9-15(13)22(3)20(26)19-18(25)12-14(2)23(21-19)16-10-6-7-11-17(16)24(27)28/h6-7,10-13,15H,4-5,8-9H2,1-3H3. The van der Waals surface area contributed by atoms with E-state index in [4.69, 9.17) is 0 Å². The van der Waals surface area contributed by atoms with Crippen LogP contribution in [-0.4, -0.2) is 38.6 Å². The Bertz CT molecular complexity index is 969.